The van der Waals surface area contributed by atoms with Crippen LogP contribution in [0.5, 0.6) is 11.5 Å². The third-order valence-electron chi connectivity index (χ3n) is 5.51. The molecule has 29 heavy (non-hydrogen) atoms. The molecule has 0 radical (unpaired) electrons. The molecular weight excluding hydrogens is 370 g/mol. The van der Waals surface area contributed by atoms with Gasteiger partial charge < -0.3 is 20.1 Å². The van der Waals surface area contributed by atoms with Gasteiger partial charge >= 0.3 is 0 Å². The van der Waals surface area contributed by atoms with Crippen LogP contribution >= 0.6 is 0 Å². The molecule has 2 amide bonds. The number of carbonyl (C=O) groups excluding carboxylic acids is 2. The Morgan fingerprint density at radius 3 is 2.66 bits per heavy atom. The van der Waals surface area contributed by atoms with E-state index in [1.165, 1.54) is 0 Å². The number of nitrogens with one attached hydrogen (secondary N) is 1. The Morgan fingerprint density at radius 2 is 1.97 bits per heavy atom. The number of nitrogens with zero attached hydrogens (tertiary/aromatic N) is 2. The molecule has 0 saturated carbocycles. The number of carbonyl (C=O) groups is 2. The summed E-state index contributed by atoms with van der Waals surface area (Å²) in [5.74, 6) is 0.369. The second kappa shape index (κ2) is 7.39. The number of hydrogen-bond acceptors (Lipinski definition) is 5. The number of phenolic OH excluding ortho intramolecular Hbond substituents is 1. The SMILES string of the molecule is CC1(C)Cc2ccc(C(=O)N3CCC(C(=O)Nc4ccccn4)CC3)c(O)c2O1. The molecule has 2 aliphatic rings. The molecule has 7 nitrogen and oxygen atoms in total. The molecule has 2 N–H and O–H groups in total. The third-order valence-corrected chi connectivity index (χ3v) is 5.51. The number of aromatic nitrogens is 1. The van der Waals surface area contributed by atoms with E-state index in [0.717, 1.165) is 5.56 Å². The molecule has 1 saturated heterocycles. The fourth-order valence-electron chi connectivity index (χ4n) is 3.99. The van der Waals surface area contributed by atoms with Crippen LogP contribution in [0.2, 0.25) is 0 Å². The van der Waals surface area contributed by atoms with E-state index in [9.17, 15) is 14.7 Å². The number of piperidine rings is 1. The van der Waals surface area contributed by atoms with Gasteiger partial charge in [0, 0.05) is 37.2 Å². The van der Waals surface area contributed by atoms with Crippen molar-refractivity contribution >= 4 is 17.6 Å². The lowest BCUT2D eigenvalue weighted by molar-refractivity contribution is -0.121. The molecule has 2 aromatic rings. The van der Waals surface area contributed by atoms with E-state index < -0.39 is 0 Å². The van der Waals surface area contributed by atoms with Crippen molar-refractivity contribution in [2.45, 2.75) is 38.7 Å². The van der Waals surface area contributed by atoms with E-state index in [0.29, 0.717) is 43.9 Å². The van der Waals surface area contributed by atoms with Gasteiger partial charge in [-0.25, -0.2) is 4.98 Å². The second-order valence-electron chi connectivity index (χ2n) is 8.26. The first kappa shape index (κ1) is 19.2. The normalized spacial score (nSPS) is 18.1. The monoisotopic (exact) mass is 395 g/mol. The summed E-state index contributed by atoms with van der Waals surface area (Å²) < 4.78 is 5.83. The Hall–Kier alpha value is -3.09. The summed E-state index contributed by atoms with van der Waals surface area (Å²) in [7, 11) is 0. The van der Waals surface area contributed by atoms with E-state index in [2.05, 4.69) is 10.3 Å². The predicted molar refractivity (Wildman–Crippen MR) is 108 cm³/mol. The van der Waals surface area contributed by atoms with Gasteiger partial charge in [-0.05, 0) is 44.9 Å². The molecular formula is C22H25N3O4. The van der Waals surface area contributed by atoms with Crippen LogP contribution in [0.25, 0.3) is 0 Å². The van der Waals surface area contributed by atoms with Crippen molar-refractivity contribution in [3.8, 4) is 11.5 Å². The Kier molecular flexibility index (Phi) is 4.90. The van der Waals surface area contributed by atoms with Crippen molar-refractivity contribution < 1.29 is 19.4 Å². The fraction of sp³-hybridized carbons (Fsp3) is 0.409. The van der Waals surface area contributed by atoms with Crippen molar-refractivity contribution in [2.75, 3.05) is 18.4 Å². The van der Waals surface area contributed by atoms with Crippen LogP contribution < -0.4 is 10.1 Å². The van der Waals surface area contributed by atoms with Crippen LogP contribution in [0.4, 0.5) is 5.82 Å². The van der Waals surface area contributed by atoms with Crippen molar-refractivity contribution in [3.63, 3.8) is 0 Å². The lowest BCUT2D eigenvalue weighted by Gasteiger charge is -2.31. The molecule has 4 rings (SSSR count). The predicted octanol–water partition coefficient (Wildman–Crippen LogP) is 2.99. The van der Waals surface area contributed by atoms with Crippen LogP contribution in [0.3, 0.4) is 0 Å². The standard InChI is InChI=1S/C22H25N3O4/c1-22(2)13-15-6-7-16(18(26)19(15)29-22)21(28)25-11-8-14(9-12-25)20(27)24-17-5-3-4-10-23-17/h3-7,10,14,26H,8-9,11-13H2,1-2H3,(H,23,24,27). The van der Waals surface area contributed by atoms with Gasteiger partial charge in [0.25, 0.3) is 5.91 Å². The zero-order chi connectivity index (χ0) is 20.6. The summed E-state index contributed by atoms with van der Waals surface area (Å²) >= 11 is 0. The van der Waals surface area contributed by atoms with Crippen molar-refractivity contribution in [1.82, 2.24) is 9.88 Å². The lowest BCUT2D eigenvalue weighted by atomic mass is 9.95. The van der Waals surface area contributed by atoms with Crippen LogP contribution in [0.1, 0.15) is 42.6 Å². The van der Waals surface area contributed by atoms with Crippen LogP contribution in [-0.4, -0.2) is 45.5 Å². The van der Waals surface area contributed by atoms with E-state index in [-0.39, 0.29) is 34.6 Å². The maximum absolute atomic E-state index is 12.9. The van der Waals surface area contributed by atoms with Crippen LogP contribution in [0, 0.1) is 5.92 Å². The molecule has 0 atom stereocenters. The number of rotatable bonds is 3. The Balaban J connectivity index is 1.39. The molecule has 0 spiro atoms. The van der Waals surface area contributed by atoms with Gasteiger partial charge in [-0.3, -0.25) is 9.59 Å². The first-order valence-corrected chi connectivity index (χ1v) is 9.89. The van der Waals surface area contributed by atoms with Gasteiger partial charge in [-0.2, -0.15) is 0 Å². The number of fused-ring (bicyclic) bond motifs is 1. The molecule has 7 heteroatoms. The number of anilines is 1. The highest BCUT2D eigenvalue weighted by Crippen LogP contribution is 2.43. The highest BCUT2D eigenvalue weighted by molar-refractivity contribution is 5.98. The average molecular weight is 395 g/mol. The summed E-state index contributed by atoms with van der Waals surface area (Å²) in [6.45, 7) is 4.83. The first-order chi connectivity index (χ1) is 13.8. The van der Waals surface area contributed by atoms with Gasteiger partial charge in [-0.1, -0.05) is 12.1 Å². The number of aromatic hydroxyl groups is 1. The summed E-state index contributed by atoms with van der Waals surface area (Å²) in [5, 5.41) is 13.4. The van der Waals surface area contributed by atoms with E-state index in [1.807, 2.05) is 26.0 Å². The molecule has 0 bridgehead atoms. The van der Waals surface area contributed by atoms with Crippen LogP contribution in [0.15, 0.2) is 36.5 Å². The molecule has 0 unspecified atom stereocenters. The van der Waals surface area contributed by atoms with Gasteiger partial charge in [0.05, 0.1) is 5.56 Å². The second-order valence-corrected chi connectivity index (χ2v) is 8.26. The first-order valence-electron chi connectivity index (χ1n) is 9.89. The Bertz CT molecular complexity index is 935. The molecule has 0 aliphatic carbocycles. The van der Waals surface area contributed by atoms with Crippen LogP contribution in [-0.2, 0) is 11.2 Å². The molecule has 1 aromatic carbocycles. The van der Waals surface area contributed by atoms with Gasteiger partial charge in [0.2, 0.25) is 5.91 Å². The summed E-state index contributed by atoms with van der Waals surface area (Å²) in [4.78, 5) is 31.2. The number of likely N-dealkylation sites (tertiary alicyclic amines) is 1. The smallest absolute Gasteiger partial charge is 0.257 e. The van der Waals surface area contributed by atoms with E-state index >= 15 is 0 Å². The Labute approximate surface area is 169 Å². The van der Waals surface area contributed by atoms with Crippen molar-refractivity contribution in [3.05, 3.63) is 47.7 Å². The lowest BCUT2D eigenvalue weighted by Crippen LogP contribution is -2.41. The topological polar surface area (TPSA) is 91.8 Å². The number of pyridine rings is 1. The largest absolute Gasteiger partial charge is 0.504 e. The molecule has 2 aliphatic heterocycles. The maximum atomic E-state index is 12.9. The number of ether oxygens (including phenoxy) is 1. The van der Waals surface area contributed by atoms with Gasteiger partial charge in [0.1, 0.15) is 11.4 Å². The number of hydrogen-bond donors (Lipinski definition) is 2. The summed E-state index contributed by atoms with van der Waals surface area (Å²) in [6.07, 6.45) is 3.46. The van der Waals surface area contributed by atoms with E-state index in [4.69, 9.17) is 4.74 Å². The average Bonchev–Trinajstić information content (AvgIpc) is 3.04. The molecule has 3 heterocycles. The molecule has 1 aromatic heterocycles. The Morgan fingerprint density at radius 1 is 1.21 bits per heavy atom. The van der Waals surface area contributed by atoms with E-state index in [1.54, 1.807) is 29.3 Å². The van der Waals surface area contributed by atoms with Crippen molar-refractivity contribution in [2.24, 2.45) is 5.92 Å². The number of amides is 2. The zero-order valence-corrected chi connectivity index (χ0v) is 16.6. The zero-order valence-electron chi connectivity index (χ0n) is 16.6. The number of benzene rings is 1. The van der Waals surface area contributed by atoms with Crippen molar-refractivity contribution in [1.29, 1.82) is 0 Å². The summed E-state index contributed by atoms with van der Waals surface area (Å²) in [5.41, 5.74) is 0.771. The summed E-state index contributed by atoms with van der Waals surface area (Å²) in [6, 6.07) is 8.87. The highest BCUT2D eigenvalue weighted by atomic mass is 16.5. The minimum absolute atomic E-state index is 0.0770. The fourth-order valence-corrected chi connectivity index (χ4v) is 3.99. The molecule has 1 fully saturated rings. The minimum Gasteiger partial charge on any atom is -0.504 e. The highest BCUT2D eigenvalue weighted by Gasteiger charge is 2.35. The molecule has 152 valence electrons. The van der Waals surface area contributed by atoms with Gasteiger partial charge in [0.15, 0.2) is 11.5 Å². The maximum Gasteiger partial charge on any atom is 0.257 e. The minimum atomic E-state index is -0.388. The number of phenols is 1. The third kappa shape index (κ3) is 3.90. The quantitative estimate of drug-likeness (QED) is 0.834. The van der Waals surface area contributed by atoms with Gasteiger partial charge in [-0.15, -0.1) is 0 Å².